The van der Waals surface area contributed by atoms with Crippen LogP contribution in [0.15, 0.2) is 18.3 Å². The normalized spacial score (nSPS) is 10.6. The second-order valence-electron chi connectivity index (χ2n) is 3.93. The number of ether oxygens (including phenoxy) is 1. The van der Waals surface area contributed by atoms with Gasteiger partial charge < -0.3 is 10.5 Å². The van der Waals surface area contributed by atoms with Gasteiger partial charge in [-0.05, 0) is 12.5 Å². The van der Waals surface area contributed by atoms with Crippen molar-refractivity contribution in [1.82, 2.24) is 4.98 Å². The molecule has 1 heterocycles. The van der Waals surface area contributed by atoms with Gasteiger partial charge in [0.25, 0.3) is 0 Å². The molecule has 0 saturated carbocycles. The predicted octanol–water partition coefficient (Wildman–Crippen LogP) is 2.64. The van der Waals surface area contributed by atoms with Crippen LogP contribution in [0.3, 0.4) is 0 Å². The van der Waals surface area contributed by atoms with Gasteiger partial charge in [-0.3, -0.25) is 4.98 Å². The maximum atomic E-state index is 5.61. The zero-order valence-corrected chi connectivity index (χ0v) is 10.1. The maximum Gasteiger partial charge on any atom is 0.0735 e. The van der Waals surface area contributed by atoms with Crippen LogP contribution in [0.5, 0.6) is 0 Å². The second-order valence-corrected chi connectivity index (χ2v) is 3.93. The van der Waals surface area contributed by atoms with Crippen molar-refractivity contribution in [3.8, 4) is 0 Å². The van der Waals surface area contributed by atoms with Crippen LogP contribution in [0.2, 0.25) is 0 Å². The van der Waals surface area contributed by atoms with Gasteiger partial charge in [0.2, 0.25) is 0 Å². The summed E-state index contributed by atoms with van der Waals surface area (Å²) in [4.78, 5) is 4.22. The van der Waals surface area contributed by atoms with Gasteiger partial charge in [-0.1, -0.05) is 32.3 Å². The molecule has 0 bridgehead atoms. The van der Waals surface area contributed by atoms with Crippen LogP contribution in [0, 0.1) is 0 Å². The standard InChI is InChI=1S/C13H22N2O/c1-2-3-4-5-9-16-11-12-7-6-8-15-13(12)10-14/h6-8H,2-5,9-11,14H2,1H3. The topological polar surface area (TPSA) is 48.1 Å². The molecule has 16 heavy (non-hydrogen) atoms. The van der Waals surface area contributed by atoms with E-state index in [0.29, 0.717) is 13.2 Å². The molecular weight excluding hydrogens is 200 g/mol. The molecule has 0 aliphatic carbocycles. The first kappa shape index (κ1) is 13.1. The Labute approximate surface area is 98.0 Å². The SMILES string of the molecule is CCCCCCOCc1cccnc1CN. The maximum absolute atomic E-state index is 5.61. The lowest BCUT2D eigenvalue weighted by molar-refractivity contribution is 0.116. The molecule has 0 spiro atoms. The van der Waals surface area contributed by atoms with E-state index in [1.165, 1.54) is 19.3 Å². The van der Waals surface area contributed by atoms with E-state index in [1.54, 1.807) is 6.20 Å². The van der Waals surface area contributed by atoms with Crippen molar-refractivity contribution in [2.45, 2.75) is 45.8 Å². The summed E-state index contributed by atoms with van der Waals surface area (Å²) in [5, 5.41) is 0. The Kier molecular flexibility index (Phi) is 6.77. The molecule has 0 aliphatic rings. The number of hydrogen-bond donors (Lipinski definition) is 1. The fraction of sp³-hybridized carbons (Fsp3) is 0.615. The molecule has 0 atom stereocenters. The van der Waals surface area contributed by atoms with Crippen molar-refractivity contribution < 1.29 is 4.74 Å². The van der Waals surface area contributed by atoms with Crippen LogP contribution < -0.4 is 5.73 Å². The monoisotopic (exact) mass is 222 g/mol. The van der Waals surface area contributed by atoms with Crippen LogP contribution in [0.4, 0.5) is 0 Å². The van der Waals surface area contributed by atoms with E-state index < -0.39 is 0 Å². The Bertz CT molecular complexity index is 289. The Hall–Kier alpha value is -0.930. The van der Waals surface area contributed by atoms with Crippen LogP contribution >= 0.6 is 0 Å². The van der Waals surface area contributed by atoms with Gasteiger partial charge in [-0.25, -0.2) is 0 Å². The summed E-state index contributed by atoms with van der Waals surface area (Å²) in [5.74, 6) is 0. The number of rotatable bonds is 8. The highest BCUT2D eigenvalue weighted by atomic mass is 16.5. The molecule has 0 aromatic carbocycles. The Morgan fingerprint density at radius 3 is 2.94 bits per heavy atom. The van der Waals surface area contributed by atoms with E-state index >= 15 is 0 Å². The van der Waals surface area contributed by atoms with E-state index in [0.717, 1.165) is 24.3 Å². The molecular formula is C13H22N2O. The molecule has 1 aromatic heterocycles. The first-order valence-corrected chi connectivity index (χ1v) is 6.09. The second kappa shape index (κ2) is 8.25. The van der Waals surface area contributed by atoms with Crippen molar-refractivity contribution in [2.24, 2.45) is 5.73 Å². The molecule has 0 unspecified atom stereocenters. The number of nitrogens with two attached hydrogens (primary N) is 1. The van der Waals surface area contributed by atoms with Crippen molar-refractivity contribution in [1.29, 1.82) is 0 Å². The number of pyridine rings is 1. The van der Waals surface area contributed by atoms with Crippen LogP contribution in [0.25, 0.3) is 0 Å². The minimum absolute atomic E-state index is 0.482. The van der Waals surface area contributed by atoms with Crippen molar-refractivity contribution in [3.05, 3.63) is 29.6 Å². The highest BCUT2D eigenvalue weighted by Gasteiger charge is 2.00. The van der Waals surface area contributed by atoms with Gasteiger partial charge in [0.05, 0.1) is 12.3 Å². The smallest absolute Gasteiger partial charge is 0.0735 e. The highest BCUT2D eigenvalue weighted by molar-refractivity contribution is 5.18. The fourth-order valence-electron chi connectivity index (χ4n) is 1.60. The predicted molar refractivity (Wildman–Crippen MR) is 65.9 cm³/mol. The van der Waals surface area contributed by atoms with Crippen LogP contribution in [-0.4, -0.2) is 11.6 Å². The summed E-state index contributed by atoms with van der Waals surface area (Å²) in [6, 6.07) is 3.95. The van der Waals surface area contributed by atoms with Crippen molar-refractivity contribution in [2.75, 3.05) is 6.61 Å². The van der Waals surface area contributed by atoms with Crippen LogP contribution in [0.1, 0.15) is 43.9 Å². The first-order valence-electron chi connectivity index (χ1n) is 6.09. The van der Waals surface area contributed by atoms with E-state index in [2.05, 4.69) is 11.9 Å². The quantitative estimate of drug-likeness (QED) is 0.688. The van der Waals surface area contributed by atoms with Gasteiger partial charge in [-0.2, -0.15) is 0 Å². The number of nitrogens with zero attached hydrogens (tertiary/aromatic N) is 1. The van der Waals surface area contributed by atoms with E-state index in [-0.39, 0.29) is 0 Å². The largest absolute Gasteiger partial charge is 0.377 e. The zero-order valence-electron chi connectivity index (χ0n) is 10.1. The lowest BCUT2D eigenvalue weighted by Crippen LogP contribution is -2.06. The first-order chi connectivity index (χ1) is 7.88. The lowest BCUT2D eigenvalue weighted by atomic mass is 10.2. The molecule has 3 heteroatoms. The number of hydrogen-bond acceptors (Lipinski definition) is 3. The molecule has 2 N–H and O–H groups in total. The summed E-state index contributed by atoms with van der Waals surface area (Å²) in [7, 11) is 0. The minimum Gasteiger partial charge on any atom is -0.377 e. The summed E-state index contributed by atoms with van der Waals surface area (Å²) in [5.41, 5.74) is 7.65. The Morgan fingerprint density at radius 1 is 1.31 bits per heavy atom. The fourth-order valence-corrected chi connectivity index (χ4v) is 1.60. The van der Waals surface area contributed by atoms with Crippen molar-refractivity contribution in [3.63, 3.8) is 0 Å². The van der Waals surface area contributed by atoms with E-state index in [9.17, 15) is 0 Å². The number of aromatic nitrogens is 1. The lowest BCUT2D eigenvalue weighted by Gasteiger charge is -2.07. The molecule has 3 nitrogen and oxygen atoms in total. The molecule has 0 aliphatic heterocycles. The third-order valence-electron chi connectivity index (χ3n) is 2.58. The molecule has 0 saturated heterocycles. The molecule has 1 rings (SSSR count). The number of unbranched alkanes of at least 4 members (excludes halogenated alkanes) is 3. The van der Waals surface area contributed by atoms with Gasteiger partial charge >= 0.3 is 0 Å². The average molecular weight is 222 g/mol. The van der Waals surface area contributed by atoms with Gasteiger partial charge in [0, 0.05) is 24.9 Å². The Morgan fingerprint density at radius 2 is 2.19 bits per heavy atom. The third-order valence-corrected chi connectivity index (χ3v) is 2.58. The molecule has 0 radical (unpaired) electrons. The molecule has 90 valence electrons. The van der Waals surface area contributed by atoms with Gasteiger partial charge in [0.1, 0.15) is 0 Å². The van der Waals surface area contributed by atoms with Crippen molar-refractivity contribution >= 4 is 0 Å². The summed E-state index contributed by atoms with van der Waals surface area (Å²) < 4.78 is 5.61. The summed E-state index contributed by atoms with van der Waals surface area (Å²) >= 11 is 0. The summed E-state index contributed by atoms with van der Waals surface area (Å²) in [6.45, 7) is 4.16. The molecule has 0 amide bonds. The Balaban J connectivity index is 2.21. The van der Waals surface area contributed by atoms with Gasteiger partial charge in [0.15, 0.2) is 0 Å². The summed E-state index contributed by atoms with van der Waals surface area (Å²) in [6.07, 6.45) is 6.73. The highest BCUT2D eigenvalue weighted by Crippen LogP contribution is 2.07. The molecule has 1 aromatic rings. The molecule has 0 fully saturated rings. The minimum atomic E-state index is 0.482. The van der Waals surface area contributed by atoms with E-state index in [1.807, 2.05) is 12.1 Å². The zero-order chi connectivity index (χ0) is 11.6. The third kappa shape index (κ3) is 4.73. The van der Waals surface area contributed by atoms with Crippen LogP contribution in [-0.2, 0) is 17.9 Å². The average Bonchev–Trinajstić information content (AvgIpc) is 2.34. The van der Waals surface area contributed by atoms with Gasteiger partial charge in [-0.15, -0.1) is 0 Å². The van der Waals surface area contributed by atoms with E-state index in [4.69, 9.17) is 10.5 Å².